The topological polar surface area (TPSA) is 57.8 Å². The molecule has 1 aliphatic rings. The van der Waals surface area contributed by atoms with Gasteiger partial charge in [-0.25, -0.2) is 0 Å². The third kappa shape index (κ3) is 2.43. The van der Waals surface area contributed by atoms with Gasteiger partial charge in [0.05, 0.1) is 0 Å². The first-order chi connectivity index (χ1) is 7.66. The fourth-order valence-electron chi connectivity index (χ4n) is 2.08. The van der Waals surface area contributed by atoms with Crippen LogP contribution in [0.5, 0.6) is 0 Å². The Kier molecular flexibility index (Phi) is 3.27. The summed E-state index contributed by atoms with van der Waals surface area (Å²) in [7, 11) is 0. The molecule has 1 fully saturated rings. The number of nitrogens with zero attached hydrogens (tertiary/aromatic N) is 1. The predicted octanol–water partition coefficient (Wildman–Crippen LogP) is 2.21. The van der Waals surface area contributed by atoms with E-state index in [9.17, 15) is 4.79 Å². The Morgan fingerprint density at radius 1 is 1.50 bits per heavy atom. The first-order valence-corrected chi connectivity index (χ1v) is 6.03. The van der Waals surface area contributed by atoms with E-state index in [2.05, 4.69) is 29.4 Å². The zero-order chi connectivity index (χ0) is 11.5. The van der Waals surface area contributed by atoms with Crippen LogP contribution in [0.15, 0.2) is 6.07 Å². The predicted molar refractivity (Wildman–Crippen MR) is 62.4 cm³/mol. The van der Waals surface area contributed by atoms with Gasteiger partial charge < -0.3 is 5.32 Å². The number of hydrogen-bond acceptors (Lipinski definition) is 2. The van der Waals surface area contributed by atoms with Gasteiger partial charge in [0.25, 0.3) is 5.91 Å². The quantitative estimate of drug-likeness (QED) is 0.822. The van der Waals surface area contributed by atoms with Gasteiger partial charge in [-0.05, 0) is 24.8 Å². The molecule has 1 aromatic heterocycles. The standard InChI is InChI=1S/C12H19N3O/c1-8(2)10-7-11(15-14-10)12(16)13-9-5-3-4-6-9/h7-9H,3-6H2,1-2H3,(H,13,16)(H,14,15). The van der Waals surface area contributed by atoms with Crippen molar-refractivity contribution in [1.29, 1.82) is 0 Å². The zero-order valence-corrected chi connectivity index (χ0v) is 9.92. The lowest BCUT2D eigenvalue weighted by atomic mass is 10.1. The SMILES string of the molecule is CC(C)c1cc(C(=O)NC2CCCC2)n[nH]1. The van der Waals surface area contributed by atoms with Crippen LogP contribution in [0.1, 0.15) is 61.6 Å². The summed E-state index contributed by atoms with van der Waals surface area (Å²) in [6.45, 7) is 4.15. The summed E-state index contributed by atoms with van der Waals surface area (Å²) >= 11 is 0. The molecule has 1 heterocycles. The molecule has 2 N–H and O–H groups in total. The smallest absolute Gasteiger partial charge is 0.271 e. The molecule has 1 amide bonds. The maximum atomic E-state index is 11.8. The minimum Gasteiger partial charge on any atom is -0.348 e. The highest BCUT2D eigenvalue weighted by atomic mass is 16.2. The van der Waals surface area contributed by atoms with E-state index in [4.69, 9.17) is 0 Å². The van der Waals surface area contributed by atoms with Crippen LogP contribution in [-0.4, -0.2) is 22.1 Å². The summed E-state index contributed by atoms with van der Waals surface area (Å²) in [6.07, 6.45) is 4.66. The number of carbonyl (C=O) groups excluding carboxylic acids is 1. The van der Waals surface area contributed by atoms with Crippen LogP contribution in [-0.2, 0) is 0 Å². The van der Waals surface area contributed by atoms with E-state index < -0.39 is 0 Å². The van der Waals surface area contributed by atoms with E-state index in [0.717, 1.165) is 18.5 Å². The van der Waals surface area contributed by atoms with Crippen LogP contribution >= 0.6 is 0 Å². The van der Waals surface area contributed by atoms with Gasteiger partial charge in [-0.15, -0.1) is 0 Å². The van der Waals surface area contributed by atoms with Gasteiger partial charge in [-0.2, -0.15) is 5.10 Å². The Labute approximate surface area is 95.8 Å². The Morgan fingerprint density at radius 3 is 2.75 bits per heavy atom. The number of carbonyl (C=O) groups is 1. The molecule has 4 nitrogen and oxygen atoms in total. The first kappa shape index (κ1) is 11.2. The van der Waals surface area contributed by atoms with Crippen molar-refractivity contribution in [2.75, 3.05) is 0 Å². The Balaban J connectivity index is 1.97. The fraction of sp³-hybridized carbons (Fsp3) is 0.667. The molecule has 1 saturated carbocycles. The number of rotatable bonds is 3. The number of H-pyrrole nitrogens is 1. The number of amides is 1. The summed E-state index contributed by atoms with van der Waals surface area (Å²) in [4.78, 5) is 11.8. The lowest BCUT2D eigenvalue weighted by Crippen LogP contribution is -2.32. The average molecular weight is 221 g/mol. The molecule has 1 aliphatic carbocycles. The summed E-state index contributed by atoms with van der Waals surface area (Å²) in [5.41, 5.74) is 1.52. The van der Waals surface area contributed by atoms with Crippen LogP contribution < -0.4 is 5.32 Å². The summed E-state index contributed by atoms with van der Waals surface area (Å²) in [6, 6.07) is 2.20. The van der Waals surface area contributed by atoms with E-state index in [-0.39, 0.29) is 5.91 Å². The van der Waals surface area contributed by atoms with Crippen molar-refractivity contribution in [1.82, 2.24) is 15.5 Å². The highest BCUT2D eigenvalue weighted by molar-refractivity contribution is 5.92. The van der Waals surface area contributed by atoms with Gasteiger partial charge in [-0.3, -0.25) is 9.89 Å². The highest BCUT2D eigenvalue weighted by Crippen LogP contribution is 2.18. The van der Waals surface area contributed by atoms with E-state index in [0.29, 0.717) is 17.7 Å². The van der Waals surface area contributed by atoms with E-state index >= 15 is 0 Å². The third-order valence-corrected chi connectivity index (χ3v) is 3.14. The molecule has 2 rings (SSSR count). The van der Waals surface area contributed by atoms with Crippen molar-refractivity contribution in [2.45, 2.75) is 51.5 Å². The average Bonchev–Trinajstić information content (AvgIpc) is 2.86. The van der Waals surface area contributed by atoms with Crippen molar-refractivity contribution in [3.05, 3.63) is 17.5 Å². The number of aromatic nitrogens is 2. The molecule has 0 atom stereocenters. The van der Waals surface area contributed by atoms with Gasteiger partial charge in [0.2, 0.25) is 0 Å². The zero-order valence-electron chi connectivity index (χ0n) is 9.92. The molecule has 0 bridgehead atoms. The van der Waals surface area contributed by atoms with Gasteiger partial charge in [0.1, 0.15) is 5.69 Å². The second kappa shape index (κ2) is 4.68. The summed E-state index contributed by atoms with van der Waals surface area (Å²) in [5, 5.41) is 9.97. The number of nitrogens with one attached hydrogen (secondary N) is 2. The molecule has 4 heteroatoms. The van der Waals surface area contributed by atoms with Crippen molar-refractivity contribution >= 4 is 5.91 Å². The molecule has 0 spiro atoms. The second-order valence-electron chi connectivity index (χ2n) is 4.82. The molecule has 0 aliphatic heterocycles. The molecule has 0 saturated heterocycles. The van der Waals surface area contributed by atoms with E-state index in [1.54, 1.807) is 0 Å². The highest BCUT2D eigenvalue weighted by Gasteiger charge is 2.19. The van der Waals surface area contributed by atoms with E-state index in [1.165, 1.54) is 12.8 Å². The van der Waals surface area contributed by atoms with Gasteiger partial charge in [-0.1, -0.05) is 26.7 Å². The fourth-order valence-corrected chi connectivity index (χ4v) is 2.08. The molecule has 1 aromatic rings. The molecule has 88 valence electrons. The largest absolute Gasteiger partial charge is 0.348 e. The van der Waals surface area contributed by atoms with Gasteiger partial charge >= 0.3 is 0 Å². The van der Waals surface area contributed by atoms with Crippen molar-refractivity contribution in [3.63, 3.8) is 0 Å². The lowest BCUT2D eigenvalue weighted by molar-refractivity contribution is 0.0933. The van der Waals surface area contributed by atoms with Gasteiger partial charge in [0, 0.05) is 11.7 Å². The van der Waals surface area contributed by atoms with Crippen LogP contribution in [0.4, 0.5) is 0 Å². The number of hydrogen-bond donors (Lipinski definition) is 2. The number of aromatic amines is 1. The second-order valence-corrected chi connectivity index (χ2v) is 4.82. The molecule has 0 aromatic carbocycles. The maximum Gasteiger partial charge on any atom is 0.271 e. The van der Waals surface area contributed by atoms with Crippen LogP contribution in [0.2, 0.25) is 0 Å². The van der Waals surface area contributed by atoms with Crippen molar-refractivity contribution in [3.8, 4) is 0 Å². The van der Waals surface area contributed by atoms with Crippen LogP contribution in [0, 0.1) is 0 Å². The normalized spacial score (nSPS) is 16.9. The maximum absolute atomic E-state index is 11.8. The van der Waals surface area contributed by atoms with E-state index in [1.807, 2.05) is 6.07 Å². The van der Waals surface area contributed by atoms with Gasteiger partial charge in [0.15, 0.2) is 0 Å². The minimum atomic E-state index is -0.0462. The Bertz CT molecular complexity index is 364. The molecular weight excluding hydrogens is 202 g/mol. The molecule has 0 unspecified atom stereocenters. The minimum absolute atomic E-state index is 0.0462. The Morgan fingerprint density at radius 2 is 2.19 bits per heavy atom. The van der Waals surface area contributed by atoms with Crippen LogP contribution in [0.3, 0.4) is 0 Å². The first-order valence-electron chi connectivity index (χ1n) is 6.03. The summed E-state index contributed by atoms with van der Waals surface area (Å²) in [5.74, 6) is 0.329. The van der Waals surface area contributed by atoms with Crippen molar-refractivity contribution < 1.29 is 4.79 Å². The Hall–Kier alpha value is -1.32. The van der Waals surface area contributed by atoms with Crippen molar-refractivity contribution in [2.24, 2.45) is 0 Å². The summed E-state index contributed by atoms with van der Waals surface area (Å²) < 4.78 is 0. The van der Waals surface area contributed by atoms with Crippen LogP contribution in [0.25, 0.3) is 0 Å². The monoisotopic (exact) mass is 221 g/mol. The lowest BCUT2D eigenvalue weighted by Gasteiger charge is -2.09. The molecular formula is C12H19N3O. The third-order valence-electron chi connectivity index (χ3n) is 3.14. The molecule has 16 heavy (non-hydrogen) atoms. The molecule has 0 radical (unpaired) electrons.